The highest BCUT2D eigenvalue weighted by Gasteiger charge is 2.09. The number of carbonyl (C=O) groups excluding carboxylic acids is 1. The number of carbonyl (C=O) groups is 1. The summed E-state index contributed by atoms with van der Waals surface area (Å²) in [7, 11) is 1.58. The van der Waals surface area contributed by atoms with Crippen LogP contribution in [0.25, 0.3) is 22.0 Å². The van der Waals surface area contributed by atoms with E-state index in [4.69, 9.17) is 4.74 Å². The van der Waals surface area contributed by atoms with E-state index < -0.39 is 0 Å². The third-order valence-electron chi connectivity index (χ3n) is 4.58. The van der Waals surface area contributed by atoms with E-state index in [-0.39, 0.29) is 18.0 Å². The van der Waals surface area contributed by atoms with Gasteiger partial charge in [-0.1, -0.05) is 36.4 Å². The van der Waals surface area contributed by atoms with Crippen molar-refractivity contribution in [2.75, 3.05) is 12.4 Å². The van der Waals surface area contributed by atoms with Crippen LogP contribution in [-0.2, 0) is 11.3 Å². The Kier molecular flexibility index (Phi) is 5.07. The number of ether oxygens (including phenoxy) is 1. The van der Waals surface area contributed by atoms with Crippen molar-refractivity contribution in [3.8, 4) is 17.0 Å². The first-order valence-corrected chi connectivity index (χ1v) is 9.14. The van der Waals surface area contributed by atoms with E-state index in [1.807, 2.05) is 42.5 Å². The highest BCUT2D eigenvalue weighted by atomic mass is 16.5. The second-order valence-corrected chi connectivity index (χ2v) is 6.55. The Bertz CT molecular complexity index is 1230. The van der Waals surface area contributed by atoms with Gasteiger partial charge in [0.25, 0.3) is 5.56 Å². The molecular weight excluding hydrogens is 366 g/mol. The van der Waals surface area contributed by atoms with Crippen molar-refractivity contribution in [1.29, 1.82) is 0 Å². The average Bonchev–Trinajstić information content (AvgIpc) is 2.75. The maximum Gasteiger partial charge on any atom is 0.267 e. The van der Waals surface area contributed by atoms with Crippen LogP contribution in [-0.4, -0.2) is 22.8 Å². The maximum atomic E-state index is 12.4. The Hall–Kier alpha value is -3.93. The number of anilines is 1. The van der Waals surface area contributed by atoms with Gasteiger partial charge in [-0.05, 0) is 47.2 Å². The van der Waals surface area contributed by atoms with Crippen LogP contribution in [0.4, 0.5) is 5.69 Å². The lowest BCUT2D eigenvalue weighted by Gasteiger charge is -2.09. The first-order chi connectivity index (χ1) is 14.1. The second-order valence-electron chi connectivity index (χ2n) is 6.55. The number of nitrogens with one attached hydrogen (secondary N) is 1. The van der Waals surface area contributed by atoms with Crippen molar-refractivity contribution in [2.24, 2.45) is 0 Å². The molecule has 0 saturated heterocycles. The van der Waals surface area contributed by atoms with E-state index >= 15 is 0 Å². The predicted octanol–water partition coefficient (Wildman–Crippen LogP) is 3.71. The summed E-state index contributed by atoms with van der Waals surface area (Å²) < 4.78 is 6.27. The smallest absolute Gasteiger partial charge is 0.267 e. The third kappa shape index (κ3) is 4.16. The minimum absolute atomic E-state index is 0.174. The van der Waals surface area contributed by atoms with Gasteiger partial charge in [0.2, 0.25) is 5.91 Å². The summed E-state index contributed by atoms with van der Waals surface area (Å²) in [5.74, 6) is 0.365. The fraction of sp³-hybridized carbons (Fsp3) is 0.0870. The molecule has 6 nitrogen and oxygen atoms in total. The molecule has 0 unspecified atom stereocenters. The number of rotatable bonds is 5. The van der Waals surface area contributed by atoms with E-state index in [0.29, 0.717) is 17.1 Å². The predicted molar refractivity (Wildman–Crippen MR) is 113 cm³/mol. The zero-order valence-electron chi connectivity index (χ0n) is 15.8. The molecule has 0 atom stereocenters. The van der Waals surface area contributed by atoms with Crippen LogP contribution in [0.3, 0.4) is 0 Å². The Morgan fingerprint density at radius 1 is 0.966 bits per heavy atom. The summed E-state index contributed by atoms with van der Waals surface area (Å²) in [6.45, 7) is -0.174. The molecule has 1 heterocycles. The number of hydrogen-bond acceptors (Lipinski definition) is 4. The molecule has 0 aliphatic heterocycles. The first kappa shape index (κ1) is 18.4. The number of hydrogen-bond donors (Lipinski definition) is 1. The van der Waals surface area contributed by atoms with E-state index in [2.05, 4.69) is 10.4 Å². The molecule has 29 heavy (non-hydrogen) atoms. The van der Waals surface area contributed by atoms with Crippen molar-refractivity contribution in [2.45, 2.75) is 6.54 Å². The molecule has 0 fully saturated rings. The molecule has 0 radical (unpaired) electrons. The standard InChI is InChI=1S/C23H19N3O3/c1-29-20-10-8-19(9-11-20)24-22(27)15-26-23(28)13-12-21(25-26)18-7-6-16-4-2-3-5-17(16)14-18/h2-14H,15H2,1H3,(H,24,27). The van der Waals surface area contributed by atoms with Gasteiger partial charge in [-0.25, -0.2) is 4.68 Å². The van der Waals surface area contributed by atoms with Crippen LogP contribution in [0.5, 0.6) is 5.75 Å². The average molecular weight is 385 g/mol. The van der Waals surface area contributed by atoms with E-state index in [1.165, 1.54) is 10.7 Å². The highest BCUT2D eigenvalue weighted by Crippen LogP contribution is 2.22. The SMILES string of the molecule is COc1ccc(NC(=O)Cn2nc(-c3ccc4ccccc4c3)ccc2=O)cc1. The van der Waals surface area contributed by atoms with Crippen molar-refractivity contribution in [1.82, 2.24) is 9.78 Å². The van der Waals surface area contributed by atoms with E-state index in [9.17, 15) is 9.59 Å². The number of aromatic nitrogens is 2. The minimum atomic E-state index is -0.334. The molecule has 4 rings (SSSR count). The summed E-state index contributed by atoms with van der Waals surface area (Å²) >= 11 is 0. The van der Waals surface area contributed by atoms with Crippen LogP contribution in [0.1, 0.15) is 0 Å². The zero-order valence-corrected chi connectivity index (χ0v) is 15.8. The fourth-order valence-electron chi connectivity index (χ4n) is 3.08. The Balaban J connectivity index is 1.55. The lowest BCUT2D eigenvalue weighted by atomic mass is 10.1. The topological polar surface area (TPSA) is 73.2 Å². The van der Waals surface area contributed by atoms with Gasteiger partial charge in [-0.15, -0.1) is 0 Å². The molecule has 4 aromatic rings. The van der Waals surface area contributed by atoms with Gasteiger partial charge >= 0.3 is 0 Å². The lowest BCUT2D eigenvalue weighted by molar-refractivity contribution is -0.117. The second kappa shape index (κ2) is 7.98. The summed E-state index contributed by atoms with van der Waals surface area (Å²) in [5.41, 5.74) is 1.80. The number of amides is 1. The van der Waals surface area contributed by atoms with Gasteiger partial charge in [0.05, 0.1) is 12.8 Å². The Labute approximate surface area is 167 Å². The van der Waals surface area contributed by atoms with Crippen molar-refractivity contribution >= 4 is 22.4 Å². The van der Waals surface area contributed by atoms with E-state index in [0.717, 1.165) is 16.3 Å². The van der Waals surface area contributed by atoms with Gasteiger partial charge in [-0.2, -0.15) is 5.10 Å². The molecule has 0 bridgehead atoms. The van der Waals surface area contributed by atoms with E-state index in [1.54, 1.807) is 37.4 Å². The molecular formula is C23H19N3O3. The van der Waals surface area contributed by atoms with Crippen molar-refractivity contribution in [3.05, 3.63) is 89.2 Å². The Morgan fingerprint density at radius 2 is 1.72 bits per heavy atom. The summed E-state index contributed by atoms with van der Waals surface area (Å²) in [6.07, 6.45) is 0. The molecule has 6 heteroatoms. The van der Waals surface area contributed by atoms with Crippen LogP contribution >= 0.6 is 0 Å². The number of fused-ring (bicyclic) bond motifs is 1. The number of nitrogens with zero attached hydrogens (tertiary/aromatic N) is 2. The molecule has 0 aliphatic carbocycles. The molecule has 1 N–H and O–H groups in total. The lowest BCUT2D eigenvalue weighted by Crippen LogP contribution is -2.29. The molecule has 1 amide bonds. The van der Waals surface area contributed by atoms with Crippen LogP contribution in [0, 0.1) is 0 Å². The molecule has 0 spiro atoms. The quantitative estimate of drug-likeness (QED) is 0.568. The van der Waals surface area contributed by atoms with Gasteiger partial charge < -0.3 is 10.1 Å². The number of benzene rings is 3. The van der Waals surface area contributed by atoms with Gasteiger partial charge in [0, 0.05) is 17.3 Å². The maximum absolute atomic E-state index is 12.4. The first-order valence-electron chi connectivity index (χ1n) is 9.14. The summed E-state index contributed by atoms with van der Waals surface area (Å²) in [5, 5.41) is 9.35. The van der Waals surface area contributed by atoms with Crippen LogP contribution in [0.15, 0.2) is 83.7 Å². The van der Waals surface area contributed by atoms with Crippen LogP contribution in [0.2, 0.25) is 0 Å². The zero-order chi connectivity index (χ0) is 20.2. The monoisotopic (exact) mass is 385 g/mol. The fourth-order valence-corrected chi connectivity index (χ4v) is 3.08. The number of methoxy groups -OCH3 is 1. The van der Waals surface area contributed by atoms with Crippen LogP contribution < -0.4 is 15.6 Å². The molecule has 1 aromatic heterocycles. The highest BCUT2D eigenvalue weighted by molar-refractivity contribution is 5.90. The molecule has 0 saturated carbocycles. The normalized spacial score (nSPS) is 10.7. The van der Waals surface area contributed by atoms with Crippen molar-refractivity contribution in [3.63, 3.8) is 0 Å². The Morgan fingerprint density at radius 3 is 2.48 bits per heavy atom. The van der Waals surface area contributed by atoms with Gasteiger partial charge in [0.15, 0.2) is 0 Å². The van der Waals surface area contributed by atoms with Crippen molar-refractivity contribution < 1.29 is 9.53 Å². The minimum Gasteiger partial charge on any atom is -0.497 e. The third-order valence-corrected chi connectivity index (χ3v) is 4.58. The molecule has 3 aromatic carbocycles. The summed E-state index contributed by atoms with van der Waals surface area (Å²) in [4.78, 5) is 24.6. The summed E-state index contributed by atoms with van der Waals surface area (Å²) in [6, 6.07) is 24.1. The molecule has 144 valence electrons. The largest absolute Gasteiger partial charge is 0.497 e. The van der Waals surface area contributed by atoms with Gasteiger partial charge in [-0.3, -0.25) is 9.59 Å². The van der Waals surface area contributed by atoms with Gasteiger partial charge in [0.1, 0.15) is 12.3 Å². The molecule has 0 aliphatic rings.